The van der Waals surface area contributed by atoms with Crippen molar-refractivity contribution < 1.29 is 13.2 Å². The van der Waals surface area contributed by atoms with Crippen molar-refractivity contribution in [2.45, 2.75) is 32.9 Å². The molecule has 0 fully saturated rings. The number of aromatic nitrogens is 1. The highest BCUT2D eigenvalue weighted by atomic mass is 127. The van der Waals surface area contributed by atoms with Gasteiger partial charge in [0.05, 0.1) is 13.0 Å². The van der Waals surface area contributed by atoms with E-state index in [4.69, 9.17) is 0 Å². The lowest BCUT2D eigenvalue weighted by Crippen LogP contribution is -2.38. The molecule has 8 heteroatoms. The molecule has 4 nitrogen and oxygen atoms in total. The zero-order valence-corrected chi connectivity index (χ0v) is 15.0. The first kappa shape index (κ1) is 20.9. The third-order valence-corrected chi connectivity index (χ3v) is 2.83. The van der Waals surface area contributed by atoms with Crippen molar-refractivity contribution in [3.8, 4) is 0 Å². The summed E-state index contributed by atoms with van der Waals surface area (Å²) in [4.78, 5) is 7.93. The van der Waals surface area contributed by atoms with E-state index in [-0.39, 0.29) is 30.5 Å². The molecular formula is C14H22F3IN4. The van der Waals surface area contributed by atoms with Crippen LogP contribution in [0.2, 0.25) is 0 Å². The maximum atomic E-state index is 12.1. The van der Waals surface area contributed by atoms with E-state index in [1.54, 1.807) is 12.4 Å². The molecule has 126 valence electrons. The number of aliphatic imine (C=N–C) groups is 1. The van der Waals surface area contributed by atoms with Crippen molar-refractivity contribution in [2.75, 3.05) is 19.6 Å². The minimum absolute atomic E-state index is 0. The number of halogens is 4. The predicted octanol–water partition coefficient (Wildman–Crippen LogP) is 3.06. The Morgan fingerprint density at radius 1 is 1.32 bits per heavy atom. The van der Waals surface area contributed by atoms with Crippen molar-refractivity contribution in [1.82, 2.24) is 15.6 Å². The van der Waals surface area contributed by atoms with Crippen LogP contribution < -0.4 is 10.6 Å². The van der Waals surface area contributed by atoms with Crippen LogP contribution in [0.3, 0.4) is 0 Å². The number of hydrogen-bond acceptors (Lipinski definition) is 2. The van der Waals surface area contributed by atoms with Gasteiger partial charge in [-0.15, -0.1) is 24.0 Å². The van der Waals surface area contributed by atoms with Gasteiger partial charge in [-0.05, 0) is 37.5 Å². The first-order valence-electron chi connectivity index (χ1n) is 6.91. The van der Waals surface area contributed by atoms with E-state index in [0.717, 1.165) is 17.5 Å². The van der Waals surface area contributed by atoms with Crippen LogP contribution in [-0.2, 0) is 6.42 Å². The lowest BCUT2D eigenvalue weighted by molar-refractivity contribution is -0.132. The summed E-state index contributed by atoms with van der Waals surface area (Å²) in [5.41, 5.74) is 2.25. The summed E-state index contributed by atoms with van der Waals surface area (Å²) in [6.07, 6.45) is -0.803. The largest absolute Gasteiger partial charge is 0.390 e. The van der Waals surface area contributed by atoms with E-state index in [1.165, 1.54) is 0 Å². The molecule has 0 aromatic carbocycles. The lowest BCUT2D eigenvalue weighted by Gasteiger charge is -2.12. The van der Waals surface area contributed by atoms with E-state index in [9.17, 15) is 13.2 Å². The number of aryl methyl sites for hydroxylation is 1. The molecule has 0 atom stereocenters. The standard InChI is InChI=1S/C14H21F3N4.HI/c1-3-19-13(21-9-6-14(15,16)17)20-8-5-12-4-7-18-10-11(12)2;/h4,7,10H,3,5-6,8-9H2,1-2H3,(H2,19,20,21);1H. The number of nitrogens with zero attached hydrogens (tertiary/aromatic N) is 2. The van der Waals surface area contributed by atoms with Gasteiger partial charge in [-0.3, -0.25) is 9.98 Å². The Bertz CT molecular complexity index is 464. The highest BCUT2D eigenvalue weighted by Gasteiger charge is 2.26. The third-order valence-electron chi connectivity index (χ3n) is 2.83. The van der Waals surface area contributed by atoms with E-state index in [1.807, 2.05) is 19.9 Å². The van der Waals surface area contributed by atoms with Crippen molar-refractivity contribution in [3.05, 3.63) is 29.6 Å². The predicted molar refractivity (Wildman–Crippen MR) is 92.7 cm³/mol. The van der Waals surface area contributed by atoms with Crippen molar-refractivity contribution in [1.29, 1.82) is 0 Å². The molecule has 0 unspecified atom stereocenters. The average molecular weight is 430 g/mol. The quantitative estimate of drug-likeness (QED) is 0.415. The molecule has 0 amide bonds. The summed E-state index contributed by atoms with van der Waals surface area (Å²) in [5.74, 6) is 0.411. The summed E-state index contributed by atoms with van der Waals surface area (Å²) in [5, 5.41) is 5.96. The van der Waals surface area contributed by atoms with Gasteiger partial charge in [0.15, 0.2) is 5.96 Å². The molecule has 0 aliphatic heterocycles. The molecule has 0 aliphatic carbocycles. The maximum absolute atomic E-state index is 12.1. The number of nitrogens with one attached hydrogen (secondary N) is 2. The van der Waals surface area contributed by atoms with Gasteiger partial charge < -0.3 is 10.6 Å². The summed E-state index contributed by atoms with van der Waals surface area (Å²) in [6, 6.07) is 1.94. The first-order chi connectivity index (χ1) is 9.92. The van der Waals surface area contributed by atoms with Crippen LogP contribution in [0.15, 0.2) is 23.5 Å². The van der Waals surface area contributed by atoms with Gasteiger partial charge in [-0.1, -0.05) is 0 Å². The number of rotatable bonds is 6. The highest BCUT2D eigenvalue weighted by Crippen LogP contribution is 2.18. The maximum Gasteiger partial charge on any atom is 0.390 e. The van der Waals surface area contributed by atoms with Crippen LogP contribution in [0.4, 0.5) is 13.2 Å². The molecular weight excluding hydrogens is 408 g/mol. The molecule has 2 N–H and O–H groups in total. The van der Waals surface area contributed by atoms with E-state index in [2.05, 4.69) is 20.6 Å². The zero-order chi connectivity index (χ0) is 15.7. The second kappa shape index (κ2) is 10.6. The van der Waals surface area contributed by atoms with E-state index >= 15 is 0 Å². The molecule has 0 aliphatic rings. The Balaban J connectivity index is 0.00000441. The normalized spacial score (nSPS) is 11.8. The fraction of sp³-hybridized carbons (Fsp3) is 0.571. The summed E-state index contributed by atoms with van der Waals surface area (Å²) < 4.78 is 36.3. The minimum Gasteiger partial charge on any atom is -0.357 e. The summed E-state index contributed by atoms with van der Waals surface area (Å²) in [6.45, 7) is 4.78. The SMILES string of the molecule is CCNC(=NCCC(F)(F)F)NCCc1ccncc1C.I. The molecule has 1 aromatic heterocycles. The molecule has 0 bridgehead atoms. The number of alkyl halides is 3. The van der Waals surface area contributed by atoms with Gasteiger partial charge in [0, 0.05) is 25.5 Å². The van der Waals surface area contributed by atoms with Gasteiger partial charge in [0.25, 0.3) is 0 Å². The second-order valence-electron chi connectivity index (χ2n) is 4.60. The number of pyridine rings is 1. The molecule has 0 spiro atoms. The number of guanidine groups is 1. The van der Waals surface area contributed by atoms with Crippen molar-refractivity contribution >= 4 is 29.9 Å². The molecule has 1 rings (SSSR count). The topological polar surface area (TPSA) is 49.3 Å². The van der Waals surface area contributed by atoms with Crippen LogP contribution in [0, 0.1) is 6.92 Å². The van der Waals surface area contributed by atoms with Crippen LogP contribution in [-0.4, -0.2) is 36.8 Å². The second-order valence-corrected chi connectivity index (χ2v) is 4.60. The first-order valence-corrected chi connectivity index (χ1v) is 6.91. The highest BCUT2D eigenvalue weighted by molar-refractivity contribution is 14.0. The Labute approximate surface area is 146 Å². The van der Waals surface area contributed by atoms with Crippen molar-refractivity contribution in [2.24, 2.45) is 4.99 Å². The molecule has 1 heterocycles. The van der Waals surface area contributed by atoms with Crippen LogP contribution in [0.5, 0.6) is 0 Å². The molecule has 22 heavy (non-hydrogen) atoms. The van der Waals surface area contributed by atoms with Crippen LogP contribution >= 0.6 is 24.0 Å². The Morgan fingerprint density at radius 3 is 2.64 bits per heavy atom. The van der Waals surface area contributed by atoms with Gasteiger partial charge in [-0.25, -0.2) is 0 Å². The van der Waals surface area contributed by atoms with Gasteiger partial charge in [0.2, 0.25) is 0 Å². The molecule has 1 aromatic rings. The third kappa shape index (κ3) is 9.06. The summed E-state index contributed by atoms with van der Waals surface area (Å²) >= 11 is 0. The van der Waals surface area contributed by atoms with Crippen molar-refractivity contribution in [3.63, 3.8) is 0 Å². The van der Waals surface area contributed by atoms with Crippen LogP contribution in [0.1, 0.15) is 24.5 Å². The molecule has 0 radical (unpaired) electrons. The average Bonchev–Trinajstić information content (AvgIpc) is 2.39. The molecule has 0 saturated carbocycles. The summed E-state index contributed by atoms with van der Waals surface area (Å²) in [7, 11) is 0. The zero-order valence-electron chi connectivity index (χ0n) is 12.7. The minimum atomic E-state index is -4.17. The monoisotopic (exact) mass is 430 g/mol. The molecule has 0 saturated heterocycles. The Kier molecular flexibility index (Phi) is 10.1. The van der Waals surface area contributed by atoms with Gasteiger partial charge in [0.1, 0.15) is 0 Å². The Hall–Kier alpha value is -1.06. The fourth-order valence-corrected chi connectivity index (χ4v) is 1.73. The van der Waals surface area contributed by atoms with E-state index < -0.39 is 12.6 Å². The van der Waals surface area contributed by atoms with Gasteiger partial charge >= 0.3 is 6.18 Å². The number of hydrogen-bond donors (Lipinski definition) is 2. The lowest BCUT2D eigenvalue weighted by atomic mass is 10.1. The Morgan fingerprint density at radius 2 is 2.05 bits per heavy atom. The smallest absolute Gasteiger partial charge is 0.357 e. The van der Waals surface area contributed by atoms with Crippen LogP contribution in [0.25, 0.3) is 0 Å². The van der Waals surface area contributed by atoms with Gasteiger partial charge in [-0.2, -0.15) is 13.2 Å². The van der Waals surface area contributed by atoms with E-state index in [0.29, 0.717) is 19.0 Å². The fourth-order valence-electron chi connectivity index (χ4n) is 1.73.